The average Bonchev–Trinajstić information content (AvgIpc) is 2.52. The SMILES string of the molecule is CC[Si](CCCCCCc1cc(F)c(F)c(F)c1)(OC)OC. The van der Waals surface area contributed by atoms with E-state index in [-0.39, 0.29) is 0 Å². The molecule has 0 N–H and O–H groups in total. The van der Waals surface area contributed by atoms with Crippen LogP contribution >= 0.6 is 0 Å². The molecule has 0 amide bonds. The molecule has 0 aliphatic carbocycles. The largest absolute Gasteiger partial charge is 0.398 e. The van der Waals surface area contributed by atoms with Gasteiger partial charge >= 0.3 is 8.56 Å². The molecule has 0 saturated carbocycles. The number of benzene rings is 1. The molecule has 126 valence electrons. The molecule has 22 heavy (non-hydrogen) atoms. The summed E-state index contributed by atoms with van der Waals surface area (Å²) in [6.45, 7) is 2.08. The highest BCUT2D eigenvalue weighted by molar-refractivity contribution is 6.67. The summed E-state index contributed by atoms with van der Waals surface area (Å²) in [7, 11) is 1.41. The highest BCUT2D eigenvalue weighted by Crippen LogP contribution is 2.21. The van der Waals surface area contributed by atoms with Crippen molar-refractivity contribution in [3.05, 3.63) is 35.1 Å². The summed E-state index contributed by atoms with van der Waals surface area (Å²) >= 11 is 0. The Hall–Kier alpha value is -0.853. The van der Waals surface area contributed by atoms with E-state index in [0.717, 1.165) is 49.9 Å². The minimum atomic E-state index is -2.00. The van der Waals surface area contributed by atoms with Crippen LogP contribution in [0.3, 0.4) is 0 Å². The van der Waals surface area contributed by atoms with E-state index in [1.54, 1.807) is 14.2 Å². The summed E-state index contributed by atoms with van der Waals surface area (Å²) < 4.78 is 50.1. The van der Waals surface area contributed by atoms with Gasteiger partial charge in [0.05, 0.1) is 0 Å². The molecule has 0 radical (unpaired) electrons. The van der Waals surface area contributed by atoms with Gasteiger partial charge in [0, 0.05) is 14.2 Å². The van der Waals surface area contributed by atoms with Crippen molar-refractivity contribution < 1.29 is 22.0 Å². The van der Waals surface area contributed by atoms with Crippen LogP contribution in [0.25, 0.3) is 0 Å². The van der Waals surface area contributed by atoms with Gasteiger partial charge < -0.3 is 8.85 Å². The number of halogens is 3. The van der Waals surface area contributed by atoms with Crippen LogP contribution in [0.15, 0.2) is 12.1 Å². The molecule has 2 nitrogen and oxygen atoms in total. The molecule has 0 fully saturated rings. The predicted octanol–water partition coefficient (Wildman–Crippen LogP) is 4.96. The molecule has 0 saturated heterocycles. The fourth-order valence-corrected chi connectivity index (χ4v) is 4.88. The van der Waals surface area contributed by atoms with Crippen molar-refractivity contribution in [1.29, 1.82) is 0 Å². The van der Waals surface area contributed by atoms with E-state index in [4.69, 9.17) is 8.85 Å². The lowest BCUT2D eigenvalue weighted by Crippen LogP contribution is -2.38. The van der Waals surface area contributed by atoms with Crippen LogP contribution in [-0.2, 0) is 15.3 Å². The van der Waals surface area contributed by atoms with Gasteiger partial charge in [0.1, 0.15) is 0 Å². The Kier molecular flexibility index (Phi) is 8.13. The molecule has 6 heteroatoms. The molecular formula is C16H25F3O2Si. The van der Waals surface area contributed by atoms with Gasteiger partial charge in [-0.25, -0.2) is 13.2 Å². The fraction of sp³-hybridized carbons (Fsp3) is 0.625. The quantitative estimate of drug-likeness (QED) is 0.342. The minimum Gasteiger partial charge on any atom is -0.398 e. The lowest BCUT2D eigenvalue weighted by atomic mass is 10.1. The standard InChI is InChI=1S/C16H25F3O2Si/c1-4-22(20-2,21-3)10-8-6-5-7-9-13-11-14(17)16(19)15(18)12-13/h11-12H,4-10H2,1-3H3. The molecule has 0 atom stereocenters. The van der Waals surface area contributed by atoms with E-state index in [2.05, 4.69) is 6.92 Å². The van der Waals surface area contributed by atoms with E-state index in [0.29, 0.717) is 12.0 Å². The first-order valence-corrected chi connectivity index (χ1v) is 9.94. The number of aryl methyl sites for hydroxylation is 1. The summed E-state index contributed by atoms with van der Waals surface area (Å²) in [4.78, 5) is 0. The number of rotatable bonds is 10. The Morgan fingerprint density at radius 1 is 0.909 bits per heavy atom. The van der Waals surface area contributed by atoms with Crippen LogP contribution in [0.5, 0.6) is 0 Å². The lowest BCUT2D eigenvalue weighted by molar-refractivity contribution is 0.241. The normalized spacial score (nSPS) is 11.9. The molecule has 1 aromatic carbocycles. The maximum atomic E-state index is 13.1. The van der Waals surface area contributed by atoms with Gasteiger partial charge in [-0.2, -0.15) is 0 Å². The maximum Gasteiger partial charge on any atom is 0.337 e. The highest BCUT2D eigenvalue weighted by atomic mass is 28.4. The van der Waals surface area contributed by atoms with E-state index >= 15 is 0 Å². The molecule has 0 aromatic heterocycles. The second kappa shape index (κ2) is 9.32. The molecule has 1 rings (SSSR count). The van der Waals surface area contributed by atoms with Crippen LogP contribution in [0.1, 0.15) is 38.2 Å². The predicted molar refractivity (Wildman–Crippen MR) is 83.5 cm³/mol. The third-order valence-electron chi connectivity index (χ3n) is 4.10. The average molecular weight is 334 g/mol. The number of hydrogen-bond donors (Lipinski definition) is 0. The molecule has 0 bridgehead atoms. The Labute approximate surface area is 131 Å². The second-order valence-corrected chi connectivity index (χ2v) is 9.31. The number of unbranched alkanes of at least 4 members (excludes halogenated alkanes) is 3. The van der Waals surface area contributed by atoms with E-state index in [1.165, 1.54) is 0 Å². The third kappa shape index (κ3) is 5.41. The van der Waals surface area contributed by atoms with Crippen molar-refractivity contribution in [2.45, 2.75) is 51.1 Å². The monoisotopic (exact) mass is 334 g/mol. The van der Waals surface area contributed by atoms with Crippen molar-refractivity contribution in [2.75, 3.05) is 14.2 Å². The highest BCUT2D eigenvalue weighted by Gasteiger charge is 2.32. The fourth-order valence-electron chi connectivity index (χ4n) is 2.58. The zero-order chi connectivity index (χ0) is 16.6. The zero-order valence-corrected chi connectivity index (χ0v) is 14.6. The molecule has 0 aliphatic rings. The van der Waals surface area contributed by atoms with Gasteiger partial charge in [0.15, 0.2) is 17.5 Å². The van der Waals surface area contributed by atoms with E-state index in [1.807, 2.05) is 0 Å². The lowest BCUT2D eigenvalue weighted by Gasteiger charge is -2.25. The van der Waals surface area contributed by atoms with E-state index < -0.39 is 26.0 Å². The van der Waals surface area contributed by atoms with Crippen LogP contribution < -0.4 is 0 Å². The first kappa shape index (κ1) is 19.2. The molecule has 0 heterocycles. The summed E-state index contributed by atoms with van der Waals surface area (Å²) in [5, 5.41) is 0. The molecule has 1 aromatic rings. The zero-order valence-electron chi connectivity index (χ0n) is 13.6. The van der Waals surface area contributed by atoms with Gasteiger partial charge in [-0.15, -0.1) is 0 Å². The molecular weight excluding hydrogens is 309 g/mol. The first-order valence-electron chi connectivity index (χ1n) is 7.71. The molecule has 0 spiro atoms. The molecule has 0 aliphatic heterocycles. The smallest absolute Gasteiger partial charge is 0.337 e. The van der Waals surface area contributed by atoms with Crippen LogP contribution in [-0.4, -0.2) is 22.8 Å². The van der Waals surface area contributed by atoms with Gasteiger partial charge in [-0.1, -0.05) is 26.2 Å². The van der Waals surface area contributed by atoms with Crippen LogP contribution in [0.2, 0.25) is 12.1 Å². The summed E-state index contributed by atoms with van der Waals surface area (Å²) in [5.41, 5.74) is 0.502. The van der Waals surface area contributed by atoms with Crippen molar-refractivity contribution in [3.8, 4) is 0 Å². The second-order valence-electron chi connectivity index (χ2n) is 5.46. The Balaban J connectivity index is 2.29. The summed E-state index contributed by atoms with van der Waals surface area (Å²) in [6, 6.07) is 4.02. The third-order valence-corrected chi connectivity index (χ3v) is 7.78. The van der Waals surface area contributed by atoms with Gasteiger partial charge in [-0.3, -0.25) is 0 Å². The van der Waals surface area contributed by atoms with Gasteiger partial charge in [0.2, 0.25) is 0 Å². The van der Waals surface area contributed by atoms with Crippen LogP contribution in [0, 0.1) is 17.5 Å². The van der Waals surface area contributed by atoms with E-state index in [9.17, 15) is 13.2 Å². The van der Waals surface area contributed by atoms with Crippen molar-refractivity contribution >= 4 is 8.56 Å². The summed E-state index contributed by atoms with van der Waals surface area (Å²) in [5.74, 6) is -3.63. The number of hydrogen-bond acceptors (Lipinski definition) is 2. The first-order chi connectivity index (χ1) is 10.5. The van der Waals surface area contributed by atoms with Gasteiger partial charge in [-0.05, 0) is 42.6 Å². The minimum absolute atomic E-state index is 0.502. The topological polar surface area (TPSA) is 18.5 Å². The van der Waals surface area contributed by atoms with Crippen molar-refractivity contribution in [3.63, 3.8) is 0 Å². The Bertz CT molecular complexity index is 433. The molecule has 0 unspecified atom stereocenters. The van der Waals surface area contributed by atoms with Crippen molar-refractivity contribution in [2.24, 2.45) is 0 Å². The summed E-state index contributed by atoms with van der Waals surface area (Å²) in [6.07, 6.45) is 4.38. The van der Waals surface area contributed by atoms with Crippen molar-refractivity contribution in [1.82, 2.24) is 0 Å². The Morgan fingerprint density at radius 2 is 1.45 bits per heavy atom. The maximum absolute atomic E-state index is 13.1. The van der Waals surface area contributed by atoms with Crippen LogP contribution in [0.4, 0.5) is 13.2 Å². The van der Waals surface area contributed by atoms with Gasteiger partial charge in [0.25, 0.3) is 0 Å². The Morgan fingerprint density at radius 3 is 1.95 bits per heavy atom.